The number of ether oxygens (including phenoxy) is 2. The lowest BCUT2D eigenvalue weighted by Gasteiger charge is -2.13. The highest BCUT2D eigenvalue weighted by Crippen LogP contribution is 2.28. The Bertz CT molecular complexity index is 880. The fourth-order valence-corrected chi connectivity index (χ4v) is 2.92. The molecule has 0 aliphatic rings. The maximum absolute atomic E-state index is 12.2. The van der Waals surface area contributed by atoms with Crippen molar-refractivity contribution in [2.75, 3.05) is 26.1 Å². The summed E-state index contributed by atoms with van der Waals surface area (Å²) < 4.78 is 10.4. The predicted octanol–water partition coefficient (Wildman–Crippen LogP) is 3.40. The van der Waals surface area contributed by atoms with E-state index < -0.39 is 0 Å². The molecule has 0 aromatic heterocycles. The highest BCUT2D eigenvalue weighted by atomic mass is 16.5. The maximum Gasteiger partial charge on any atom is 0.244 e. The molecule has 0 aliphatic carbocycles. The number of anilines is 1. The first kappa shape index (κ1) is 21.0. The molecule has 2 amide bonds. The van der Waals surface area contributed by atoms with Gasteiger partial charge in [-0.2, -0.15) is 0 Å². The summed E-state index contributed by atoms with van der Waals surface area (Å²) in [6.07, 6.45) is 3.01. The van der Waals surface area contributed by atoms with Crippen molar-refractivity contribution in [1.29, 1.82) is 0 Å². The highest BCUT2D eigenvalue weighted by Gasteiger charge is 2.09. The topological polar surface area (TPSA) is 76.7 Å². The maximum atomic E-state index is 12.2. The van der Waals surface area contributed by atoms with Crippen LogP contribution in [0.25, 0.3) is 6.08 Å². The average Bonchev–Trinajstić information content (AvgIpc) is 2.67. The van der Waals surface area contributed by atoms with Crippen molar-refractivity contribution in [2.45, 2.75) is 20.8 Å². The van der Waals surface area contributed by atoms with Crippen LogP contribution in [0.1, 0.15) is 22.3 Å². The first-order valence-corrected chi connectivity index (χ1v) is 8.89. The van der Waals surface area contributed by atoms with Gasteiger partial charge in [-0.1, -0.05) is 23.8 Å². The second kappa shape index (κ2) is 9.60. The van der Waals surface area contributed by atoms with Gasteiger partial charge in [-0.25, -0.2) is 0 Å². The quantitative estimate of drug-likeness (QED) is 0.720. The smallest absolute Gasteiger partial charge is 0.244 e. The number of hydrogen-bond acceptors (Lipinski definition) is 4. The molecular weight excluding hydrogens is 356 g/mol. The van der Waals surface area contributed by atoms with Crippen LogP contribution in [0.4, 0.5) is 5.69 Å². The summed E-state index contributed by atoms with van der Waals surface area (Å²) in [4.78, 5) is 24.1. The Balaban J connectivity index is 1.92. The van der Waals surface area contributed by atoms with Crippen molar-refractivity contribution < 1.29 is 19.1 Å². The minimum absolute atomic E-state index is 0.109. The number of carbonyl (C=O) groups excluding carboxylic acids is 2. The largest absolute Gasteiger partial charge is 0.493 e. The SMILES string of the molecule is COc1ccc(C=CC(=O)NCC(=O)Nc2c(C)cc(C)cc2C)cc1OC. The third kappa shape index (κ3) is 5.61. The molecule has 2 N–H and O–H groups in total. The lowest BCUT2D eigenvalue weighted by molar-refractivity contribution is -0.121. The van der Waals surface area contributed by atoms with Crippen LogP contribution in [0.15, 0.2) is 36.4 Å². The van der Waals surface area contributed by atoms with Crippen LogP contribution in [0.3, 0.4) is 0 Å². The van der Waals surface area contributed by atoms with Gasteiger partial charge in [0.25, 0.3) is 0 Å². The fourth-order valence-electron chi connectivity index (χ4n) is 2.92. The van der Waals surface area contributed by atoms with Gasteiger partial charge in [0.05, 0.1) is 20.8 Å². The van der Waals surface area contributed by atoms with Gasteiger partial charge in [0.2, 0.25) is 11.8 Å². The van der Waals surface area contributed by atoms with E-state index in [1.54, 1.807) is 38.5 Å². The minimum atomic E-state index is -0.359. The summed E-state index contributed by atoms with van der Waals surface area (Å²) in [6.45, 7) is 5.79. The molecule has 0 fully saturated rings. The number of amides is 2. The van der Waals surface area contributed by atoms with Gasteiger partial charge in [0, 0.05) is 11.8 Å². The summed E-state index contributed by atoms with van der Waals surface area (Å²) in [5, 5.41) is 5.44. The molecule has 0 spiro atoms. The van der Waals surface area contributed by atoms with Crippen LogP contribution in [-0.2, 0) is 9.59 Å². The molecule has 0 radical (unpaired) electrons. The molecule has 2 aromatic rings. The third-order valence-electron chi connectivity index (χ3n) is 4.20. The number of rotatable bonds is 7. The molecule has 148 valence electrons. The van der Waals surface area contributed by atoms with Crippen LogP contribution < -0.4 is 20.1 Å². The molecule has 0 saturated carbocycles. The zero-order valence-electron chi connectivity index (χ0n) is 16.9. The van der Waals surface area contributed by atoms with Crippen LogP contribution in [-0.4, -0.2) is 32.6 Å². The number of methoxy groups -OCH3 is 2. The summed E-state index contributed by atoms with van der Waals surface area (Å²) in [7, 11) is 3.11. The molecule has 28 heavy (non-hydrogen) atoms. The van der Waals surface area contributed by atoms with Crippen molar-refractivity contribution in [1.82, 2.24) is 5.32 Å². The van der Waals surface area contributed by atoms with Crippen molar-refractivity contribution in [3.8, 4) is 11.5 Å². The first-order valence-electron chi connectivity index (χ1n) is 8.89. The fraction of sp³-hybridized carbons (Fsp3) is 0.273. The van der Waals surface area contributed by atoms with Gasteiger partial charge >= 0.3 is 0 Å². The molecule has 0 heterocycles. The highest BCUT2D eigenvalue weighted by molar-refractivity contribution is 5.98. The van der Waals surface area contributed by atoms with Crippen LogP contribution >= 0.6 is 0 Å². The van der Waals surface area contributed by atoms with Crippen molar-refractivity contribution in [2.24, 2.45) is 0 Å². The molecule has 0 bridgehead atoms. The summed E-state index contributed by atoms with van der Waals surface area (Å²) in [5.41, 5.74) is 4.69. The normalized spacial score (nSPS) is 10.6. The van der Waals surface area contributed by atoms with Crippen LogP contribution in [0.2, 0.25) is 0 Å². The lowest BCUT2D eigenvalue weighted by atomic mass is 10.1. The zero-order valence-corrected chi connectivity index (χ0v) is 16.9. The molecule has 0 saturated heterocycles. The van der Waals surface area contributed by atoms with Gasteiger partial charge in [-0.3, -0.25) is 9.59 Å². The standard InChI is InChI=1S/C22H26N2O4/c1-14-10-15(2)22(16(3)11-14)24-21(26)13-23-20(25)9-7-17-6-8-18(27-4)19(12-17)28-5/h6-12H,13H2,1-5H3,(H,23,25)(H,24,26). The molecular formula is C22H26N2O4. The zero-order chi connectivity index (χ0) is 20.7. The average molecular weight is 382 g/mol. The Hall–Kier alpha value is -3.28. The van der Waals surface area contributed by atoms with E-state index in [0.29, 0.717) is 11.5 Å². The van der Waals surface area contributed by atoms with Crippen LogP contribution in [0.5, 0.6) is 11.5 Å². The van der Waals surface area contributed by atoms with Crippen molar-refractivity contribution in [3.63, 3.8) is 0 Å². The number of aryl methyl sites for hydroxylation is 3. The lowest BCUT2D eigenvalue weighted by Crippen LogP contribution is -2.32. The second-order valence-electron chi connectivity index (χ2n) is 6.49. The molecule has 6 nitrogen and oxygen atoms in total. The van der Waals surface area contributed by atoms with E-state index in [2.05, 4.69) is 10.6 Å². The predicted molar refractivity (Wildman–Crippen MR) is 111 cm³/mol. The Morgan fingerprint density at radius 1 is 0.964 bits per heavy atom. The van der Waals surface area contributed by atoms with Gasteiger partial charge < -0.3 is 20.1 Å². The first-order chi connectivity index (χ1) is 13.3. The number of nitrogens with one attached hydrogen (secondary N) is 2. The molecule has 2 aromatic carbocycles. The van der Waals surface area contributed by atoms with Gasteiger partial charge in [-0.15, -0.1) is 0 Å². The Labute approximate surface area is 165 Å². The van der Waals surface area contributed by atoms with Crippen LogP contribution in [0, 0.1) is 20.8 Å². The van der Waals surface area contributed by atoms with E-state index >= 15 is 0 Å². The van der Waals surface area contributed by atoms with Gasteiger partial charge in [0.15, 0.2) is 11.5 Å². The summed E-state index contributed by atoms with van der Waals surface area (Å²) in [5.74, 6) is 0.556. The minimum Gasteiger partial charge on any atom is -0.493 e. The van der Waals surface area contributed by atoms with Crippen molar-refractivity contribution >= 4 is 23.6 Å². The van der Waals surface area contributed by atoms with E-state index in [9.17, 15) is 9.59 Å². The summed E-state index contributed by atoms with van der Waals surface area (Å²) in [6, 6.07) is 9.34. The van der Waals surface area contributed by atoms with Gasteiger partial charge in [0.1, 0.15) is 0 Å². The Morgan fingerprint density at radius 2 is 1.61 bits per heavy atom. The van der Waals surface area contributed by atoms with E-state index in [0.717, 1.165) is 27.9 Å². The molecule has 2 rings (SSSR count). The second-order valence-corrected chi connectivity index (χ2v) is 6.49. The molecule has 0 atom stereocenters. The van der Waals surface area contributed by atoms with Crippen molar-refractivity contribution in [3.05, 3.63) is 58.7 Å². The molecule has 6 heteroatoms. The molecule has 0 aliphatic heterocycles. The van der Waals surface area contributed by atoms with Gasteiger partial charge in [-0.05, 0) is 55.7 Å². The number of benzene rings is 2. The number of hydrogen-bond donors (Lipinski definition) is 2. The van der Waals surface area contributed by atoms with E-state index in [1.165, 1.54) is 6.08 Å². The van der Waals surface area contributed by atoms with E-state index in [1.807, 2.05) is 32.9 Å². The number of carbonyl (C=O) groups is 2. The Morgan fingerprint density at radius 3 is 2.21 bits per heavy atom. The summed E-state index contributed by atoms with van der Waals surface area (Å²) >= 11 is 0. The van der Waals surface area contributed by atoms with E-state index in [-0.39, 0.29) is 18.4 Å². The molecule has 0 unspecified atom stereocenters. The third-order valence-corrected chi connectivity index (χ3v) is 4.20. The monoisotopic (exact) mass is 382 g/mol. The Kier molecular flexibility index (Phi) is 7.21. The van der Waals surface area contributed by atoms with E-state index in [4.69, 9.17) is 9.47 Å².